The Labute approximate surface area is 266 Å². The first-order chi connectivity index (χ1) is 21.8. The van der Waals surface area contributed by atoms with Gasteiger partial charge in [0, 0.05) is 55.6 Å². The van der Waals surface area contributed by atoms with Crippen LogP contribution in [0.25, 0.3) is 0 Å². The molecule has 0 atom stereocenters. The third kappa shape index (κ3) is 7.50. The zero-order chi connectivity index (χ0) is 31.9. The smallest absolute Gasteiger partial charge is 0.307 e. The Bertz CT molecular complexity index is 1620. The van der Waals surface area contributed by atoms with Crippen LogP contribution in [-0.2, 0) is 9.53 Å². The van der Waals surface area contributed by atoms with Crippen molar-refractivity contribution < 1.29 is 23.5 Å². The lowest BCUT2D eigenvalue weighted by Gasteiger charge is -2.37. The molecule has 0 unspecified atom stereocenters. The van der Waals surface area contributed by atoms with Gasteiger partial charge in [0.15, 0.2) is 4.80 Å². The van der Waals surface area contributed by atoms with E-state index in [0.29, 0.717) is 58.5 Å². The molecule has 5 rings (SSSR count). The van der Waals surface area contributed by atoms with Gasteiger partial charge in [0.05, 0.1) is 19.2 Å². The third-order valence-corrected chi connectivity index (χ3v) is 9.62. The Kier molecular flexibility index (Phi) is 10.4. The number of halogens is 1. The number of para-hydroxylation sites is 1. The fourth-order valence-electron chi connectivity index (χ4n) is 5.97. The van der Waals surface area contributed by atoms with Gasteiger partial charge in [-0.05, 0) is 44.0 Å². The van der Waals surface area contributed by atoms with E-state index in [1.807, 2.05) is 27.4 Å². The number of hydrogen-bond acceptors (Lipinski definition) is 7. The highest BCUT2D eigenvalue weighted by atomic mass is 32.1. The van der Waals surface area contributed by atoms with Gasteiger partial charge < -0.3 is 24.4 Å². The van der Waals surface area contributed by atoms with Crippen LogP contribution in [0.3, 0.4) is 0 Å². The minimum absolute atomic E-state index is 0.0718. The molecule has 2 heterocycles. The van der Waals surface area contributed by atoms with Gasteiger partial charge in [0.2, 0.25) is 0 Å². The third-order valence-electron chi connectivity index (χ3n) is 8.47. The van der Waals surface area contributed by atoms with Gasteiger partial charge in [-0.3, -0.25) is 19.8 Å². The highest BCUT2D eigenvalue weighted by Gasteiger charge is 2.25. The van der Waals surface area contributed by atoms with E-state index < -0.39 is 11.9 Å². The molecule has 2 aliphatic rings. The van der Waals surface area contributed by atoms with E-state index in [2.05, 4.69) is 15.0 Å². The average molecular weight is 635 g/mol. The van der Waals surface area contributed by atoms with E-state index in [-0.39, 0.29) is 30.7 Å². The second-order valence-electron chi connectivity index (χ2n) is 11.3. The predicted octanol–water partition coefficient (Wildman–Crippen LogP) is 4.68. The van der Waals surface area contributed by atoms with Crippen molar-refractivity contribution in [2.24, 2.45) is 4.99 Å². The van der Waals surface area contributed by atoms with Gasteiger partial charge >= 0.3 is 5.97 Å². The van der Waals surface area contributed by atoms with Crippen molar-refractivity contribution in [3.05, 3.63) is 80.8 Å². The molecule has 1 saturated heterocycles. The normalized spacial score (nSPS) is 16.0. The summed E-state index contributed by atoms with van der Waals surface area (Å²) < 4.78 is 20.9. The number of amidine groups is 1. The standard InChI is InChI=1S/C33H39FN6O4S/c1-22-29(32(43)36-17-16-28(41)44-2)45-33(40(22)25-8-4-3-5-9-25)37-31(42)24-14-12-23(13-15-24)30(35)39-20-18-38(19-21-39)27-11-7-6-10-26(27)34/h6-7,10-15,25,35H,3-5,8-9,16-21H2,1-2H3,(H,36,43). The molecule has 2 aromatic carbocycles. The van der Waals surface area contributed by atoms with Crippen LogP contribution in [0.1, 0.15) is 75.9 Å². The molecule has 2 fully saturated rings. The van der Waals surface area contributed by atoms with Crippen LogP contribution >= 0.6 is 11.3 Å². The van der Waals surface area contributed by atoms with Crippen molar-refractivity contribution in [2.45, 2.75) is 51.5 Å². The molecule has 2 N–H and O–H groups in total. The molecule has 1 aromatic heterocycles. The Morgan fingerprint density at radius 3 is 2.33 bits per heavy atom. The summed E-state index contributed by atoms with van der Waals surface area (Å²) >= 11 is 1.18. The minimum Gasteiger partial charge on any atom is -0.469 e. The van der Waals surface area contributed by atoms with Crippen LogP contribution in [0.2, 0.25) is 0 Å². The lowest BCUT2D eigenvalue weighted by Crippen LogP contribution is -2.49. The molecular weight excluding hydrogens is 595 g/mol. The summed E-state index contributed by atoms with van der Waals surface area (Å²) in [5.74, 6) is -1.03. The van der Waals surface area contributed by atoms with Crippen molar-refractivity contribution in [3.63, 3.8) is 0 Å². The Hall–Kier alpha value is -4.32. The fourth-order valence-corrected chi connectivity index (χ4v) is 7.07. The van der Waals surface area contributed by atoms with Crippen LogP contribution < -0.4 is 15.0 Å². The summed E-state index contributed by atoms with van der Waals surface area (Å²) in [7, 11) is 1.31. The summed E-state index contributed by atoms with van der Waals surface area (Å²) in [4.78, 5) is 47.3. The zero-order valence-electron chi connectivity index (χ0n) is 25.7. The molecule has 3 aromatic rings. The average Bonchev–Trinajstić information content (AvgIpc) is 3.40. The number of esters is 1. The molecule has 0 spiro atoms. The first-order valence-electron chi connectivity index (χ1n) is 15.4. The second kappa shape index (κ2) is 14.6. The van der Waals surface area contributed by atoms with Crippen molar-refractivity contribution in [1.29, 1.82) is 5.41 Å². The Morgan fingerprint density at radius 2 is 1.67 bits per heavy atom. The summed E-state index contributed by atoms with van der Waals surface area (Å²) in [6, 6.07) is 13.7. The number of benzene rings is 2. The summed E-state index contributed by atoms with van der Waals surface area (Å²) in [6.07, 6.45) is 5.29. The van der Waals surface area contributed by atoms with Crippen LogP contribution in [0.4, 0.5) is 10.1 Å². The van der Waals surface area contributed by atoms with E-state index in [1.165, 1.54) is 24.5 Å². The summed E-state index contributed by atoms with van der Waals surface area (Å²) in [5, 5.41) is 11.5. The zero-order valence-corrected chi connectivity index (χ0v) is 26.5. The van der Waals surface area contributed by atoms with Gasteiger partial charge in [-0.2, -0.15) is 4.99 Å². The van der Waals surface area contributed by atoms with E-state index >= 15 is 0 Å². The topological polar surface area (TPSA) is 120 Å². The van der Waals surface area contributed by atoms with E-state index in [4.69, 9.17) is 5.41 Å². The van der Waals surface area contributed by atoms with Gasteiger partial charge in [-0.1, -0.05) is 54.9 Å². The molecule has 1 aliphatic carbocycles. The molecule has 2 amide bonds. The molecule has 1 saturated carbocycles. The number of amides is 2. The summed E-state index contributed by atoms with van der Waals surface area (Å²) in [6.45, 7) is 4.40. The van der Waals surface area contributed by atoms with Crippen molar-refractivity contribution in [1.82, 2.24) is 14.8 Å². The van der Waals surface area contributed by atoms with Gasteiger partial charge in [-0.15, -0.1) is 0 Å². The quantitative estimate of drug-likeness (QED) is 0.211. The molecular formula is C33H39FN6O4S. The molecule has 238 valence electrons. The molecule has 0 bridgehead atoms. The Balaban J connectivity index is 1.30. The number of methoxy groups -OCH3 is 1. The first-order valence-corrected chi connectivity index (χ1v) is 16.2. The maximum Gasteiger partial charge on any atom is 0.307 e. The number of aromatic nitrogens is 1. The van der Waals surface area contributed by atoms with Crippen molar-refractivity contribution >= 4 is 40.6 Å². The van der Waals surface area contributed by atoms with Crippen LogP contribution in [-0.4, -0.2) is 72.9 Å². The van der Waals surface area contributed by atoms with Crippen LogP contribution in [0.15, 0.2) is 53.5 Å². The number of carbonyl (C=O) groups excluding carboxylic acids is 3. The second-order valence-corrected chi connectivity index (χ2v) is 12.3. The molecule has 10 nitrogen and oxygen atoms in total. The van der Waals surface area contributed by atoms with E-state index in [0.717, 1.165) is 37.8 Å². The SMILES string of the molecule is COC(=O)CCNC(=O)c1sc(=NC(=O)c2ccc(C(=N)N3CCN(c4ccccc4F)CC3)cc2)n(C2CCCCC2)c1C. The lowest BCUT2D eigenvalue weighted by atomic mass is 9.95. The molecule has 12 heteroatoms. The van der Waals surface area contributed by atoms with Crippen LogP contribution in [0.5, 0.6) is 0 Å². The minimum atomic E-state index is -0.421. The highest BCUT2D eigenvalue weighted by Crippen LogP contribution is 2.30. The maximum atomic E-state index is 14.2. The number of thiazole rings is 1. The molecule has 0 radical (unpaired) electrons. The van der Waals surface area contributed by atoms with Crippen molar-refractivity contribution in [2.75, 3.05) is 44.7 Å². The van der Waals surface area contributed by atoms with Crippen molar-refractivity contribution in [3.8, 4) is 0 Å². The monoisotopic (exact) mass is 634 g/mol. The number of anilines is 1. The number of piperazine rings is 1. The van der Waals surface area contributed by atoms with Gasteiger partial charge in [0.1, 0.15) is 16.5 Å². The lowest BCUT2D eigenvalue weighted by molar-refractivity contribution is -0.140. The predicted molar refractivity (Wildman–Crippen MR) is 171 cm³/mol. The molecule has 1 aliphatic heterocycles. The van der Waals surface area contributed by atoms with Crippen LogP contribution in [0, 0.1) is 18.2 Å². The highest BCUT2D eigenvalue weighted by molar-refractivity contribution is 7.11. The first kappa shape index (κ1) is 32.1. The largest absolute Gasteiger partial charge is 0.469 e. The number of nitrogens with one attached hydrogen (secondary N) is 2. The summed E-state index contributed by atoms with van der Waals surface area (Å²) in [5.41, 5.74) is 2.41. The Morgan fingerprint density at radius 1 is 1.00 bits per heavy atom. The number of carbonyl (C=O) groups is 3. The maximum absolute atomic E-state index is 14.2. The van der Waals surface area contributed by atoms with E-state index in [1.54, 1.807) is 36.4 Å². The molecule has 45 heavy (non-hydrogen) atoms. The number of hydrogen-bond donors (Lipinski definition) is 2. The van der Waals surface area contributed by atoms with E-state index in [9.17, 15) is 18.8 Å². The number of ether oxygens (including phenoxy) is 1. The van der Waals surface area contributed by atoms with Gasteiger partial charge in [-0.25, -0.2) is 4.39 Å². The fraction of sp³-hybridized carbons (Fsp3) is 0.424. The number of rotatable bonds is 8. The number of nitrogens with zero attached hydrogens (tertiary/aromatic N) is 4. The van der Waals surface area contributed by atoms with Gasteiger partial charge in [0.25, 0.3) is 11.8 Å².